The highest BCUT2D eigenvalue weighted by molar-refractivity contribution is 5.78. The molecule has 0 amide bonds. The smallest absolute Gasteiger partial charge is 0.326 e. The number of rotatable bonds is 3. The van der Waals surface area contributed by atoms with Crippen LogP contribution in [0, 0.1) is 12.8 Å². The first-order valence-corrected chi connectivity index (χ1v) is 6.58. The van der Waals surface area contributed by atoms with Crippen LogP contribution in [0.15, 0.2) is 10.9 Å². The van der Waals surface area contributed by atoms with Crippen molar-refractivity contribution in [2.75, 3.05) is 11.4 Å². The summed E-state index contributed by atoms with van der Waals surface area (Å²) in [5, 5.41) is 9.37. The summed E-state index contributed by atoms with van der Waals surface area (Å²) < 4.78 is 0. The molecule has 0 radical (unpaired) electrons. The summed E-state index contributed by atoms with van der Waals surface area (Å²) in [6.45, 7) is 4.40. The zero-order chi connectivity index (χ0) is 14.0. The Hall–Kier alpha value is -1.85. The van der Waals surface area contributed by atoms with Gasteiger partial charge in [-0.05, 0) is 25.7 Å². The zero-order valence-corrected chi connectivity index (χ0v) is 11.2. The van der Waals surface area contributed by atoms with Gasteiger partial charge in [0, 0.05) is 12.6 Å². The van der Waals surface area contributed by atoms with Gasteiger partial charge in [0.05, 0.1) is 0 Å². The molecule has 6 nitrogen and oxygen atoms in total. The molecule has 1 saturated heterocycles. The number of aromatic nitrogens is 2. The Morgan fingerprint density at radius 1 is 1.63 bits per heavy atom. The molecule has 19 heavy (non-hydrogen) atoms. The number of nitrogens with one attached hydrogen (secondary N) is 1. The summed E-state index contributed by atoms with van der Waals surface area (Å²) in [4.78, 5) is 31.4. The van der Waals surface area contributed by atoms with Crippen molar-refractivity contribution in [3.63, 3.8) is 0 Å². The van der Waals surface area contributed by atoms with E-state index in [9.17, 15) is 14.7 Å². The fraction of sp³-hybridized carbons (Fsp3) is 0.615. The predicted molar refractivity (Wildman–Crippen MR) is 71.4 cm³/mol. The minimum atomic E-state index is -0.849. The van der Waals surface area contributed by atoms with Gasteiger partial charge in [0.15, 0.2) is 0 Å². The molecular formula is C13H19N3O3. The SMILES string of the molecule is CCC1CCN(c2cc(=O)[nH]c(C)n2)C(C(=O)O)C1. The van der Waals surface area contributed by atoms with E-state index in [1.807, 2.05) is 0 Å². The lowest BCUT2D eigenvalue weighted by Gasteiger charge is -2.37. The second-order valence-corrected chi connectivity index (χ2v) is 5.04. The molecule has 2 unspecified atom stereocenters. The van der Waals surface area contributed by atoms with E-state index < -0.39 is 12.0 Å². The summed E-state index contributed by atoms with van der Waals surface area (Å²) in [6.07, 6.45) is 2.53. The Kier molecular flexibility index (Phi) is 3.87. The number of nitrogens with zero attached hydrogens (tertiary/aromatic N) is 2. The molecular weight excluding hydrogens is 246 g/mol. The van der Waals surface area contributed by atoms with Gasteiger partial charge >= 0.3 is 5.97 Å². The van der Waals surface area contributed by atoms with Crippen LogP contribution in [0.5, 0.6) is 0 Å². The minimum Gasteiger partial charge on any atom is -0.480 e. The van der Waals surface area contributed by atoms with Crippen LogP contribution in [0.2, 0.25) is 0 Å². The third-order valence-corrected chi connectivity index (χ3v) is 3.71. The molecule has 0 aromatic carbocycles. The summed E-state index contributed by atoms with van der Waals surface area (Å²) >= 11 is 0. The average Bonchev–Trinajstić information content (AvgIpc) is 2.36. The Morgan fingerprint density at radius 3 is 2.95 bits per heavy atom. The molecule has 1 aromatic rings. The number of hydrogen-bond donors (Lipinski definition) is 2. The fourth-order valence-electron chi connectivity index (χ4n) is 2.63. The molecule has 1 aromatic heterocycles. The van der Waals surface area contributed by atoms with Crippen molar-refractivity contribution >= 4 is 11.8 Å². The van der Waals surface area contributed by atoms with E-state index in [1.54, 1.807) is 11.8 Å². The van der Waals surface area contributed by atoms with Crippen molar-refractivity contribution in [3.8, 4) is 0 Å². The van der Waals surface area contributed by atoms with E-state index >= 15 is 0 Å². The largest absolute Gasteiger partial charge is 0.480 e. The van der Waals surface area contributed by atoms with Crippen molar-refractivity contribution in [1.82, 2.24) is 9.97 Å². The first-order chi connectivity index (χ1) is 9.01. The number of carboxylic acids is 1. The topological polar surface area (TPSA) is 86.3 Å². The van der Waals surface area contributed by atoms with Gasteiger partial charge in [0.2, 0.25) is 0 Å². The monoisotopic (exact) mass is 265 g/mol. The van der Waals surface area contributed by atoms with E-state index in [4.69, 9.17) is 0 Å². The predicted octanol–water partition coefficient (Wildman–Crippen LogP) is 1.16. The van der Waals surface area contributed by atoms with Gasteiger partial charge in [0.1, 0.15) is 17.7 Å². The molecule has 6 heteroatoms. The van der Waals surface area contributed by atoms with Gasteiger partial charge in [-0.15, -0.1) is 0 Å². The Morgan fingerprint density at radius 2 is 2.37 bits per heavy atom. The molecule has 104 valence electrons. The second kappa shape index (κ2) is 5.42. The molecule has 2 heterocycles. The first-order valence-electron chi connectivity index (χ1n) is 6.58. The molecule has 2 rings (SSSR count). The third-order valence-electron chi connectivity index (χ3n) is 3.71. The summed E-state index contributed by atoms with van der Waals surface area (Å²) in [7, 11) is 0. The Bertz CT molecular complexity index is 526. The van der Waals surface area contributed by atoms with Gasteiger partial charge in [-0.2, -0.15) is 0 Å². The number of carboxylic acid groups (broad SMARTS) is 1. The van der Waals surface area contributed by atoms with Crippen LogP contribution in [0.25, 0.3) is 0 Å². The normalized spacial score (nSPS) is 23.4. The Balaban J connectivity index is 2.31. The number of hydrogen-bond acceptors (Lipinski definition) is 4. The van der Waals surface area contributed by atoms with Crippen molar-refractivity contribution in [3.05, 3.63) is 22.2 Å². The van der Waals surface area contributed by atoms with Crippen molar-refractivity contribution < 1.29 is 9.90 Å². The highest BCUT2D eigenvalue weighted by Gasteiger charge is 2.33. The van der Waals surface area contributed by atoms with Gasteiger partial charge in [-0.3, -0.25) is 4.79 Å². The van der Waals surface area contributed by atoms with E-state index in [2.05, 4.69) is 16.9 Å². The van der Waals surface area contributed by atoms with Gasteiger partial charge in [0.25, 0.3) is 5.56 Å². The number of aryl methyl sites for hydroxylation is 1. The molecule has 0 saturated carbocycles. The van der Waals surface area contributed by atoms with E-state index in [0.717, 1.165) is 12.8 Å². The van der Waals surface area contributed by atoms with Crippen LogP contribution in [-0.2, 0) is 4.79 Å². The zero-order valence-electron chi connectivity index (χ0n) is 11.2. The standard InChI is InChI=1S/C13H19N3O3/c1-3-9-4-5-16(10(6-9)13(18)19)11-7-12(17)15-8(2)14-11/h7,9-10H,3-6H2,1-2H3,(H,18,19)(H,14,15,17). The van der Waals surface area contributed by atoms with E-state index in [0.29, 0.717) is 30.5 Å². The number of carbonyl (C=O) groups is 1. The summed E-state index contributed by atoms with van der Waals surface area (Å²) in [5.74, 6) is 0.547. The highest BCUT2D eigenvalue weighted by Crippen LogP contribution is 2.28. The molecule has 2 N–H and O–H groups in total. The first kappa shape index (κ1) is 13.6. The molecule has 0 bridgehead atoms. The Labute approximate surface area is 111 Å². The van der Waals surface area contributed by atoms with Gasteiger partial charge in [-0.25, -0.2) is 9.78 Å². The number of H-pyrrole nitrogens is 1. The number of aliphatic carboxylic acids is 1. The van der Waals surface area contributed by atoms with Crippen LogP contribution in [0.4, 0.5) is 5.82 Å². The maximum Gasteiger partial charge on any atom is 0.326 e. The molecule has 1 fully saturated rings. The van der Waals surface area contributed by atoms with Crippen LogP contribution >= 0.6 is 0 Å². The summed E-state index contributed by atoms with van der Waals surface area (Å²) in [6, 6.07) is 0.780. The van der Waals surface area contributed by atoms with Crippen LogP contribution in [0.1, 0.15) is 32.0 Å². The van der Waals surface area contributed by atoms with Crippen LogP contribution in [0.3, 0.4) is 0 Å². The quantitative estimate of drug-likeness (QED) is 0.856. The van der Waals surface area contributed by atoms with Crippen molar-refractivity contribution in [2.45, 2.75) is 39.2 Å². The van der Waals surface area contributed by atoms with E-state index in [-0.39, 0.29) is 5.56 Å². The number of anilines is 1. The van der Waals surface area contributed by atoms with Crippen LogP contribution in [-0.4, -0.2) is 33.6 Å². The minimum absolute atomic E-state index is 0.246. The molecule has 1 aliphatic rings. The maximum absolute atomic E-state index is 11.5. The van der Waals surface area contributed by atoms with E-state index in [1.165, 1.54) is 6.07 Å². The lowest BCUT2D eigenvalue weighted by molar-refractivity contribution is -0.139. The number of piperidine rings is 1. The van der Waals surface area contributed by atoms with Gasteiger partial charge < -0.3 is 15.0 Å². The molecule has 0 aliphatic carbocycles. The van der Waals surface area contributed by atoms with Gasteiger partial charge in [-0.1, -0.05) is 13.3 Å². The third kappa shape index (κ3) is 2.94. The van der Waals surface area contributed by atoms with Crippen molar-refractivity contribution in [1.29, 1.82) is 0 Å². The lowest BCUT2D eigenvalue weighted by atomic mass is 9.89. The number of aromatic amines is 1. The maximum atomic E-state index is 11.5. The average molecular weight is 265 g/mol. The second-order valence-electron chi connectivity index (χ2n) is 5.04. The summed E-state index contributed by atoms with van der Waals surface area (Å²) in [5.41, 5.74) is -0.246. The van der Waals surface area contributed by atoms with Crippen molar-refractivity contribution in [2.24, 2.45) is 5.92 Å². The molecule has 1 aliphatic heterocycles. The highest BCUT2D eigenvalue weighted by atomic mass is 16.4. The molecule has 0 spiro atoms. The lowest BCUT2D eigenvalue weighted by Crippen LogP contribution is -2.48. The molecule has 2 atom stereocenters. The fourth-order valence-corrected chi connectivity index (χ4v) is 2.63. The van der Waals surface area contributed by atoms with Crippen LogP contribution < -0.4 is 10.5 Å².